The standard InChI is InChI=1S/C16H33N3O.HI/c1-3-17-16(19-12-14(2)13-20)18-11-7-6-10-15-8-4-5-9-15;/h14-15,20H,3-13H2,1-2H3,(H2,17,18,19);1H. The lowest BCUT2D eigenvalue weighted by Gasteiger charge is -2.13. The first kappa shape index (κ1) is 21.0. The molecule has 1 unspecified atom stereocenters. The fourth-order valence-corrected chi connectivity index (χ4v) is 2.71. The van der Waals surface area contributed by atoms with E-state index in [2.05, 4.69) is 22.5 Å². The Morgan fingerprint density at radius 2 is 1.95 bits per heavy atom. The molecule has 3 N–H and O–H groups in total. The Hall–Kier alpha value is -0.0400. The van der Waals surface area contributed by atoms with Gasteiger partial charge in [-0.3, -0.25) is 4.99 Å². The molecule has 1 aliphatic rings. The number of aliphatic imine (C=N–C) groups is 1. The zero-order valence-electron chi connectivity index (χ0n) is 13.7. The number of rotatable bonds is 9. The molecular weight excluding hydrogens is 377 g/mol. The third-order valence-electron chi connectivity index (χ3n) is 4.02. The van der Waals surface area contributed by atoms with Crippen molar-refractivity contribution in [1.82, 2.24) is 10.6 Å². The number of nitrogens with one attached hydrogen (secondary N) is 2. The van der Waals surface area contributed by atoms with Crippen LogP contribution in [-0.2, 0) is 0 Å². The highest BCUT2D eigenvalue weighted by molar-refractivity contribution is 14.0. The van der Waals surface area contributed by atoms with Crippen molar-refractivity contribution in [2.75, 3.05) is 26.2 Å². The molecule has 1 saturated carbocycles. The summed E-state index contributed by atoms with van der Waals surface area (Å²) < 4.78 is 0. The van der Waals surface area contributed by atoms with Gasteiger partial charge in [0.25, 0.3) is 0 Å². The summed E-state index contributed by atoms with van der Waals surface area (Å²) >= 11 is 0. The number of nitrogens with zero attached hydrogens (tertiary/aromatic N) is 1. The lowest BCUT2D eigenvalue weighted by Crippen LogP contribution is -2.38. The number of unbranched alkanes of at least 4 members (excludes halogenated alkanes) is 1. The molecular formula is C16H34IN3O. The summed E-state index contributed by atoms with van der Waals surface area (Å²) in [6.45, 7) is 6.83. The molecule has 0 aromatic rings. The van der Waals surface area contributed by atoms with E-state index in [0.29, 0.717) is 6.54 Å². The fourth-order valence-electron chi connectivity index (χ4n) is 2.71. The molecule has 4 nitrogen and oxygen atoms in total. The van der Waals surface area contributed by atoms with Crippen LogP contribution in [0.1, 0.15) is 58.8 Å². The van der Waals surface area contributed by atoms with Crippen LogP contribution >= 0.6 is 24.0 Å². The number of hydrogen-bond donors (Lipinski definition) is 3. The summed E-state index contributed by atoms with van der Waals surface area (Å²) in [7, 11) is 0. The number of halogens is 1. The molecule has 1 aliphatic carbocycles. The monoisotopic (exact) mass is 411 g/mol. The largest absolute Gasteiger partial charge is 0.396 e. The van der Waals surface area contributed by atoms with E-state index in [9.17, 15) is 0 Å². The first-order chi connectivity index (χ1) is 9.76. The van der Waals surface area contributed by atoms with Gasteiger partial charge in [-0.1, -0.05) is 45.4 Å². The summed E-state index contributed by atoms with van der Waals surface area (Å²) in [6, 6.07) is 0. The van der Waals surface area contributed by atoms with Crippen molar-refractivity contribution < 1.29 is 5.11 Å². The Morgan fingerprint density at radius 1 is 1.24 bits per heavy atom. The smallest absolute Gasteiger partial charge is 0.191 e. The quantitative estimate of drug-likeness (QED) is 0.237. The van der Waals surface area contributed by atoms with Crippen LogP contribution in [0.15, 0.2) is 4.99 Å². The van der Waals surface area contributed by atoms with E-state index in [4.69, 9.17) is 5.11 Å². The molecule has 0 spiro atoms. The van der Waals surface area contributed by atoms with Crippen LogP contribution in [0.2, 0.25) is 0 Å². The molecule has 0 aromatic carbocycles. The minimum Gasteiger partial charge on any atom is -0.396 e. The number of aliphatic hydroxyl groups is 1. The number of guanidine groups is 1. The molecule has 5 heteroatoms. The average Bonchev–Trinajstić information content (AvgIpc) is 2.97. The Labute approximate surface area is 147 Å². The highest BCUT2D eigenvalue weighted by atomic mass is 127. The van der Waals surface area contributed by atoms with Crippen molar-refractivity contribution in [3.63, 3.8) is 0 Å². The van der Waals surface area contributed by atoms with Crippen molar-refractivity contribution in [3.8, 4) is 0 Å². The van der Waals surface area contributed by atoms with Crippen molar-refractivity contribution in [2.24, 2.45) is 16.8 Å². The Bertz CT molecular complexity index is 268. The Kier molecular flexibility index (Phi) is 13.6. The summed E-state index contributed by atoms with van der Waals surface area (Å²) in [5.74, 6) is 2.11. The Morgan fingerprint density at radius 3 is 2.57 bits per heavy atom. The summed E-state index contributed by atoms with van der Waals surface area (Å²) in [6.07, 6.45) is 9.75. The maximum Gasteiger partial charge on any atom is 0.191 e. The minimum absolute atomic E-state index is 0. The Balaban J connectivity index is 0.00000400. The van der Waals surface area contributed by atoms with E-state index in [1.807, 2.05) is 6.92 Å². The minimum atomic E-state index is 0. The summed E-state index contributed by atoms with van der Waals surface area (Å²) in [5.41, 5.74) is 0. The summed E-state index contributed by atoms with van der Waals surface area (Å²) in [5, 5.41) is 15.7. The van der Waals surface area contributed by atoms with Crippen molar-refractivity contribution in [3.05, 3.63) is 0 Å². The first-order valence-corrected chi connectivity index (χ1v) is 8.39. The molecule has 1 atom stereocenters. The third-order valence-corrected chi connectivity index (χ3v) is 4.02. The van der Waals surface area contributed by atoms with Gasteiger partial charge < -0.3 is 15.7 Å². The molecule has 0 saturated heterocycles. The van der Waals surface area contributed by atoms with Crippen LogP contribution in [0.5, 0.6) is 0 Å². The van der Waals surface area contributed by atoms with Crippen LogP contribution in [0.25, 0.3) is 0 Å². The van der Waals surface area contributed by atoms with Crippen molar-refractivity contribution in [1.29, 1.82) is 0 Å². The van der Waals surface area contributed by atoms with Crippen LogP contribution in [0.3, 0.4) is 0 Å². The molecule has 0 heterocycles. The van der Waals surface area contributed by atoms with E-state index in [1.54, 1.807) is 0 Å². The second-order valence-electron chi connectivity index (χ2n) is 6.08. The van der Waals surface area contributed by atoms with Crippen LogP contribution < -0.4 is 10.6 Å². The van der Waals surface area contributed by atoms with E-state index in [1.165, 1.54) is 44.9 Å². The predicted octanol–water partition coefficient (Wildman–Crippen LogP) is 3.15. The van der Waals surface area contributed by atoms with Gasteiger partial charge in [0.1, 0.15) is 0 Å². The summed E-state index contributed by atoms with van der Waals surface area (Å²) in [4.78, 5) is 4.49. The van der Waals surface area contributed by atoms with Gasteiger partial charge in [0, 0.05) is 26.2 Å². The van der Waals surface area contributed by atoms with Gasteiger partial charge in [0.2, 0.25) is 0 Å². The molecule has 0 radical (unpaired) electrons. The zero-order chi connectivity index (χ0) is 14.6. The zero-order valence-corrected chi connectivity index (χ0v) is 16.1. The lowest BCUT2D eigenvalue weighted by molar-refractivity contribution is 0.241. The van der Waals surface area contributed by atoms with Crippen molar-refractivity contribution in [2.45, 2.75) is 58.8 Å². The van der Waals surface area contributed by atoms with E-state index < -0.39 is 0 Å². The van der Waals surface area contributed by atoms with Gasteiger partial charge in [-0.05, 0) is 25.2 Å². The molecule has 1 rings (SSSR count). The molecule has 0 aliphatic heterocycles. The second-order valence-corrected chi connectivity index (χ2v) is 6.08. The molecule has 126 valence electrons. The van der Waals surface area contributed by atoms with Crippen molar-refractivity contribution >= 4 is 29.9 Å². The van der Waals surface area contributed by atoms with Crippen LogP contribution in [-0.4, -0.2) is 37.3 Å². The molecule has 0 aromatic heterocycles. The molecule has 1 fully saturated rings. The molecule has 0 amide bonds. The maximum absolute atomic E-state index is 9.02. The van der Waals surface area contributed by atoms with E-state index >= 15 is 0 Å². The highest BCUT2D eigenvalue weighted by Crippen LogP contribution is 2.28. The molecule has 21 heavy (non-hydrogen) atoms. The van der Waals surface area contributed by atoms with E-state index in [-0.39, 0.29) is 36.5 Å². The number of hydrogen-bond acceptors (Lipinski definition) is 2. The normalized spacial score (nSPS) is 17.4. The fraction of sp³-hybridized carbons (Fsp3) is 0.938. The van der Waals surface area contributed by atoms with Crippen LogP contribution in [0, 0.1) is 11.8 Å². The average molecular weight is 411 g/mol. The van der Waals surface area contributed by atoms with E-state index in [0.717, 1.165) is 25.0 Å². The maximum atomic E-state index is 9.02. The SMILES string of the molecule is CCNC(=NCC(C)CO)NCCCCC1CCCC1.I. The van der Waals surface area contributed by atoms with Gasteiger partial charge in [-0.2, -0.15) is 0 Å². The topological polar surface area (TPSA) is 56.7 Å². The van der Waals surface area contributed by atoms with Gasteiger partial charge in [0.15, 0.2) is 5.96 Å². The van der Waals surface area contributed by atoms with Crippen LogP contribution in [0.4, 0.5) is 0 Å². The first-order valence-electron chi connectivity index (χ1n) is 8.39. The second kappa shape index (κ2) is 13.6. The predicted molar refractivity (Wildman–Crippen MR) is 101 cm³/mol. The lowest BCUT2D eigenvalue weighted by atomic mass is 10.0. The third kappa shape index (κ3) is 10.3. The number of aliphatic hydroxyl groups excluding tert-OH is 1. The van der Waals surface area contributed by atoms with Gasteiger partial charge in [-0.15, -0.1) is 24.0 Å². The van der Waals surface area contributed by atoms with Gasteiger partial charge in [0.05, 0.1) is 0 Å². The van der Waals surface area contributed by atoms with Gasteiger partial charge in [-0.25, -0.2) is 0 Å². The molecule has 0 bridgehead atoms. The van der Waals surface area contributed by atoms with Gasteiger partial charge >= 0.3 is 0 Å². The highest BCUT2D eigenvalue weighted by Gasteiger charge is 2.13.